The Bertz CT molecular complexity index is 551. The van der Waals surface area contributed by atoms with Crippen LogP contribution in [0.5, 0.6) is 5.75 Å². The van der Waals surface area contributed by atoms with E-state index in [1.165, 1.54) is 6.07 Å². The van der Waals surface area contributed by atoms with Crippen LogP contribution in [0.15, 0.2) is 30.3 Å². The van der Waals surface area contributed by atoms with E-state index in [0.717, 1.165) is 11.8 Å². The average molecular weight is 231 g/mol. The van der Waals surface area contributed by atoms with E-state index in [-0.39, 0.29) is 5.69 Å². The van der Waals surface area contributed by atoms with Crippen molar-refractivity contribution in [2.45, 2.75) is 13.3 Å². The number of para-hydroxylation sites is 1. The number of nitrogens with zero attached hydrogens (tertiary/aromatic N) is 1. The van der Waals surface area contributed by atoms with Crippen molar-refractivity contribution in [2.24, 2.45) is 0 Å². The quantitative estimate of drug-likeness (QED) is 0.878. The zero-order chi connectivity index (χ0) is 12.3. The molecule has 88 valence electrons. The maximum Gasteiger partial charge on any atom is 0.354 e. The summed E-state index contributed by atoms with van der Waals surface area (Å²) in [7, 11) is 0. The third-order valence-electron chi connectivity index (χ3n) is 2.36. The van der Waals surface area contributed by atoms with Gasteiger partial charge in [-0.2, -0.15) is 0 Å². The zero-order valence-electron chi connectivity index (χ0n) is 9.51. The molecular formula is C13H13NO3. The number of fused-ring (bicyclic) bond motifs is 1. The first kappa shape index (κ1) is 11.4. The molecule has 1 aromatic heterocycles. The van der Waals surface area contributed by atoms with Crippen LogP contribution in [0.4, 0.5) is 0 Å². The summed E-state index contributed by atoms with van der Waals surface area (Å²) >= 11 is 0. The van der Waals surface area contributed by atoms with Gasteiger partial charge in [-0.25, -0.2) is 9.78 Å². The van der Waals surface area contributed by atoms with Crippen molar-refractivity contribution < 1.29 is 14.6 Å². The van der Waals surface area contributed by atoms with Gasteiger partial charge in [0.1, 0.15) is 17.0 Å². The number of rotatable bonds is 4. The molecule has 0 saturated heterocycles. The van der Waals surface area contributed by atoms with Crippen LogP contribution in [0.25, 0.3) is 10.9 Å². The molecule has 0 radical (unpaired) electrons. The predicted molar refractivity (Wildman–Crippen MR) is 64.5 cm³/mol. The second-order valence-corrected chi connectivity index (χ2v) is 3.68. The molecule has 0 aliphatic carbocycles. The Labute approximate surface area is 98.9 Å². The Morgan fingerprint density at radius 1 is 1.35 bits per heavy atom. The van der Waals surface area contributed by atoms with Crippen LogP contribution < -0.4 is 4.74 Å². The molecule has 0 amide bonds. The van der Waals surface area contributed by atoms with Gasteiger partial charge in [-0.15, -0.1) is 0 Å². The molecule has 1 heterocycles. The molecule has 4 nitrogen and oxygen atoms in total. The third kappa shape index (κ3) is 2.36. The first-order valence-electron chi connectivity index (χ1n) is 5.48. The minimum atomic E-state index is -1.03. The maximum atomic E-state index is 10.9. The second-order valence-electron chi connectivity index (χ2n) is 3.68. The summed E-state index contributed by atoms with van der Waals surface area (Å²) in [5, 5.41) is 9.79. The van der Waals surface area contributed by atoms with E-state index in [1.54, 1.807) is 12.1 Å². The number of benzene rings is 1. The summed E-state index contributed by atoms with van der Waals surface area (Å²) in [6, 6.07) is 8.79. The lowest BCUT2D eigenvalue weighted by Gasteiger charge is -2.07. The number of aromatic carboxylic acids is 1. The van der Waals surface area contributed by atoms with Crippen LogP contribution in [-0.2, 0) is 0 Å². The molecule has 0 aliphatic rings. The van der Waals surface area contributed by atoms with Crippen molar-refractivity contribution in [1.82, 2.24) is 4.98 Å². The van der Waals surface area contributed by atoms with Crippen molar-refractivity contribution in [1.29, 1.82) is 0 Å². The second kappa shape index (κ2) is 4.82. The van der Waals surface area contributed by atoms with Crippen molar-refractivity contribution in [3.8, 4) is 5.75 Å². The van der Waals surface area contributed by atoms with Crippen molar-refractivity contribution in [2.75, 3.05) is 6.61 Å². The molecule has 1 aromatic carbocycles. The van der Waals surface area contributed by atoms with Gasteiger partial charge in [0.25, 0.3) is 0 Å². The Kier molecular flexibility index (Phi) is 3.23. The van der Waals surface area contributed by atoms with Crippen LogP contribution in [0.3, 0.4) is 0 Å². The number of hydrogen-bond donors (Lipinski definition) is 1. The highest BCUT2D eigenvalue weighted by atomic mass is 16.5. The molecule has 0 bridgehead atoms. The van der Waals surface area contributed by atoms with Crippen LogP contribution in [0, 0.1) is 0 Å². The van der Waals surface area contributed by atoms with Gasteiger partial charge in [0.2, 0.25) is 0 Å². The van der Waals surface area contributed by atoms with Gasteiger partial charge in [0, 0.05) is 5.39 Å². The Morgan fingerprint density at radius 2 is 2.18 bits per heavy atom. The monoisotopic (exact) mass is 231 g/mol. The van der Waals surface area contributed by atoms with Crippen molar-refractivity contribution in [3.63, 3.8) is 0 Å². The molecule has 0 aliphatic heterocycles. The highest BCUT2D eigenvalue weighted by Crippen LogP contribution is 2.24. The lowest BCUT2D eigenvalue weighted by atomic mass is 10.2. The van der Waals surface area contributed by atoms with Gasteiger partial charge in [0.05, 0.1) is 6.61 Å². The number of hydrogen-bond acceptors (Lipinski definition) is 3. The lowest BCUT2D eigenvalue weighted by Crippen LogP contribution is -2.02. The topological polar surface area (TPSA) is 59.4 Å². The number of aromatic nitrogens is 1. The summed E-state index contributed by atoms with van der Waals surface area (Å²) in [6.45, 7) is 2.61. The van der Waals surface area contributed by atoms with E-state index in [1.807, 2.05) is 19.1 Å². The first-order chi connectivity index (χ1) is 8.22. The SMILES string of the molecule is CCCOc1cccc2ccc(C(=O)O)nc12. The largest absolute Gasteiger partial charge is 0.491 e. The highest BCUT2D eigenvalue weighted by molar-refractivity contribution is 5.91. The zero-order valence-corrected chi connectivity index (χ0v) is 9.51. The fourth-order valence-corrected chi connectivity index (χ4v) is 1.57. The van der Waals surface area contributed by atoms with E-state index in [2.05, 4.69) is 4.98 Å². The summed E-state index contributed by atoms with van der Waals surface area (Å²) in [6.07, 6.45) is 0.898. The minimum Gasteiger partial charge on any atom is -0.491 e. The van der Waals surface area contributed by atoms with E-state index in [9.17, 15) is 4.79 Å². The number of pyridine rings is 1. The summed E-state index contributed by atoms with van der Waals surface area (Å²) in [5.74, 6) is -0.398. The molecule has 0 spiro atoms. The fourth-order valence-electron chi connectivity index (χ4n) is 1.57. The molecular weight excluding hydrogens is 218 g/mol. The normalized spacial score (nSPS) is 10.4. The van der Waals surface area contributed by atoms with Crippen LogP contribution in [-0.4, -0.2) is 22.7 Å². The molecule has 0 atom stereocenters. The third-order valence-corrected chi connectivity index (χ3v) is 2.36. The van der Waals surface area contributed by atoms with Gasteiger partial charge < -0.3 is 9.84 Å². The van der Waals surface area contributed by atoms with Crippen molar-refractivity contribution in [3.05, 3.63) is 36.0 Å². The smallest absolute Gasteiger partial charge is 0.354 e. The fraction of sp³-hybridized carbons (Fsp3) is 0.231. The number of carboxylic acids is 1. The molecule has 2 aromatic rings. The average Bonchev–Trinajstić information content (AvgIpc) is 2.35. The Balaban J connectivity index is 2.51. The summed E-state index contributed by atoms with van der Waals surface area (Å²) in [4.78, 5) is 15.0. The van der Waals surface area contributed by atoms with Crippen LogP contribution >= 0.6 is 0 Å². The number of carbonyl (C=O) groups is 1. The van der Waals surface area contributed by atoms with Gasteiger partial charge in [-0.05, 0) is 18.6 Å². The maximum absolute atomic E-state index is 10.9. The van der Waals surface area contributed by atoms with Gasteiger partial charge >= 0.3 is 5.97 Å². The van der Waals surface area contributed by atoms with E-state index < -0.39 is 5.97 Å². The number of ether oxygens (including phenoxy) is 1. The molecule has 0 fully saturated rings. The predicted octanol–water partition coefficient (Wildman–Crippen LogP) is 2.72. The van der Waals surface area contributed by atoms with Crippen LogP contribution in [0.1, 0.15) is 23.8 Å². The summed E-state index contributed by atoms with van der Waals surface area (Å²) in [5.41, 5.74) is 0.630. The lowest BCUT2D eigenvalue weighted by molar-refractivity contribution is 0.0691. The van der Waals surface area contributed by atoms with Gasteiger partial charge in [-0.1, -0.05) is 25.1 Å². The first-order valence-corrected chi connectivity index (χ1v) is 5.48. The molecule has 4 heteroatoms. The summed E-state index contributed by atoms with van der Waals surface area (Å²) < 4.78 is 5.55. The highest BCUT2D eigenvalue weighted by Gasteiger charge is 2.08. The van der Waals surface area contributed by atoms with E-state index >= 15 is 0 Å². The van der Waals surface area contributed by atoms with E-state index in [0.29, 0.717) is 17.9 Å². The Hall–Kier alpha value is -2.10. The standard InChI is InChI=1S/C13H13NO3/c1-2-8-17-11-5-3-4-9-6-7-10(13(15)16)14-12(9)11/h3-7H,2,8H2,1H3,(H,15,16). The van der Waals surface area contributed by atoms with Gasteiger partial charge in [-0.3, -0.25) is 0 Å². The van der Waals surface area contributed by atoms with Crippen LogP contribution in [0.2, 0.25) is 0 Å². The molecule has 2 rings (SSSR count). The molecule has 0 unspecified atom stereocenters. The molecule has 1 N–H and O–H groups in total. The molecule has 17 heavy (non-hydrogen) atoms. The van der Waals surface area contributed by atoms with E-state index in [4.69, 9.17) is 9.84 Å². The Morgan fingerprint density at radius 3 is 2.88 bits per heavy atom. The number of carboxylic acid groups (broad SMARTS) is 1. The van der Waals surface area contributed by atoms with Gasteiger partial charge in [0.15, 0.2) is 0 Å². The minimum absolute atomic E-state index is 0.0325. The molecule has 0 saturated carbocycles. The van der Waals surface area contributed by atoms with Crippen molar-refractivity contribution >= 4 is 16.9 Å².